The van der Waals surface area contributed by atoms with Gasteiger partial charge in [-0.1, -0.05) is 42.0 Å². The van der Waals surface area contributed by atoms with Crippen LogP contribution in [0.4, 0.5) is 0 Å². The lowest BCUT2D eigenvalue weighted by atomic mass is 9.95. The molecule has 1 unspecified atom stereocenters. The van der Waals surface area contributed by atoms with Gasteiger partial charge in [-0.2, -0.15) is 0 Å². The molecule has 1 saturated heterocycles. The maximum absolute atomic E-state index is 13.0. The van der Waals surface area contributed by atoms with Crippen LogP contribution in [0.1, 0.15) is 35.4 Å². The summed E-state index contributed by atoms with van der Waals surface area (Å²) in [5, 5.41) is 11.1. The van der Waals surface area contributed by atoms with Gasteiger partial charge in [-0.05, 0) is 43.7 Å². The molecule has 3 aromatic rings. The molecule has 1 N–H and O–H groups in total. The molecule has 1 aliphatic rings. The first kappa shape index (κ1) is 20.5. The van der Waals surface area contributed by atoms with Crippen LogP contribution in [0.25, 0.3) is 5.76 Å². The fourth-order valence-electron chi connectivity index (χ4n) is 3.77. The number of benzene rings is 2. The Morgan fingerprint density at radius 1 is 1.10 bits per heavy atom. The fourth-order valence-corrected chi connectivity index (χ4v) is 3.77. The molecule has 6 heteroatoms. The quantitative estimate of drug-likeness (QED) is 0.360. The molecule has 2 heterocycles. The number of aliphatic hydroxyl groups excluding tert-OH is 1. The number of Topliss-reactive ketones (excluding diaryl/α,β-unsaturated/α-hetero) is 1. The minimum absolute atomic E-state index is 0.0501. The van der Waals surface area contributed by atoms with Gasteiger partial charge in [0.25, 0.3) is 11.7 Å². The van der Waals surface area contributed by atoms with E-state index in [-0.39, 0.29) is 17.9 Å². The van der Waals surface area contributed by atoms with Crippen molar-refractivity contribution >= 4 is 17.4 Å². The Hall–Kier alpha value is -3.80. The van der Waals surface area contributed by atoms with E-state index in [0.29, 0.717) is 29.2 Å². The van der Waals surface area contributed by atoms with E-state index in [2.05, 4.69) is 0 Å². The zero-order valence-electron chi connectivity index (χ0n) is 17.4. The molecular formula is C25H23NO5. The predicted octanol–water partition coefficient (Wildman–Crippen LogP) is 4.61. The molecule has 0 bridgehead atoms. The van der Waals surface area contributed by atoms with Crippen molar-refractivity contribution in [3.8, 4) is 5.75 Å². The van der Waals surface area contributed by atoms with Crippen molar-refractivity contribution in [1.82, 2.24) is 4.90 Å². The molecule has 0 spiro atoms. The number of aliphatic hydroxyl groups is 1. The van der Waals surface area contributed by atoms with Gasteiger partial charge in [-0.15, -0.1) is 0 Å². The van der Waals surface area contributed by atoms with E-state index >= 15 is 0 Å². The summed E-state index contributed by atoms with van der Waals surface area (Å²) in [6.45, 7) is 4.41. The smallest absolute Gasteiger partial charge is 0.296 e. The van der Waals surface area contributed by atoms with Crippen LogP contribution in [-0.2, 0) is 16.1 Å². The van der Waals surface area contributed by atoms with E-state index < -0.39 is 17.7 Å². The third kappa shape index (κ3) is 3.97. The van der Waals surface area contributed by atoms with Crippen LogP contribution in [0.5, 0.6) is 5.75 Å². The number of hydrogen-bond acceptors (Lipinski definition) is 5. The van der Waals surface area contributed by atoms with Crippen molar-refractivity contribution in [2.75, 3.05) is 6.61 Å². The molecule has 1 amide bonds. The van der Waals surface area contributed by atoms with Crippen LogP contribution in [0.15, 0.2) is 76.9 Å². The Kier molecular flexibility index (Phi) is 5.62. The average molecular weight is 417 g/mol. The summed E-state index contributed by atoms with van der Waals surface area (Å²) in [5.41, 5.74) is 2.22. The lowest BCUT2D eigenvalue weighted by molar-refractivity contribution is -0.140. The normalized spacial score (nSPS) is 17.9. The van der Waals surface area contributed by atoms with Gasteiger partial charge in [0.15, 0.2) is 0 Å². The monoisotopic (exact) mass is 417 g/mol. The van der Waals surface area contributed by atoms with Gasteiger partial charge in [0.2, 0.25) is 0 Å². The zero-order chi connectivity index (χ0) is 22.0. The van der Waals surface area contributed by atoms with Crippen molar-refractivity contribution in [2.24, 2.45) is 0 Å². The van der Waals surface area contributed by atoms with E-state index in [0.717, 1.165) is 5.56 Å². The van der Waals surface area contributed by atoms with Gasteiger partial charge in [-0.25, -0.2) is 0 Å². The topological polar surface area (TPSA) is 80.0 Å². The highest BCUT2D eigenvalue weighted by atomic mass is 16.5. The largest absolute Gasteiger partial charge is 0.507 e. The van der Waals surface area contributed by atoms with Crippen LogP contribution in [0, 0.1) is 6.92 Å². The lowest BCUT2D eigenvalue weighted by Gasteiger charge is -2.25. The number of furan rings is 1. The van der Waals surface area contributed by atoms with Gasteiger partial charge in [0.1, 0.15) is 17.3 Å². The predicted molar refractivity (Wildman–Crippen MR) is 115 cm³/mol. The Balaban J connectivity index is 1.86. The minimum atomic E-state index is -0.771. The Morgan fingerprint density at radius 3 is 2.55 bits per heavy atom. The highest BCUT2D eigenvalue weighted by molar-refractivity contribution is 6.46. The highest BCUT2D eigenvalue weighted by Gasteiger charge is 2.46. The summed E-state index contributed by atoms with van der Waals surface area (Å²) in [6.07, 6.45) is 1.52. The second kappa shape index (κ2) is 8.52. The SMILES string of the molecule is CCOc1cccc(C2C(=C(O)c3ccc(C)cc3)C(=O)C(=O)N2Cc2ccco2)c1. The Bertz CT molecular complexity index is 1130. The molecule has 0 saturated carbocycles. The van der Waals surface area contributed by atoms with Crippen molar-refractivity contribution < 1.29 is 23.8 Å². The number of likely N-dealkylation sites (tertiary alicyclic amines) is 1. The first-order valence-corrected chi connectivity index (χ1v) is 10.1. The number of aryl methyl sites for hydroxylation is 1. The van der Waals surface area contributed by atoms with E-state index in [1.54, 1.807) is 36.4 Å². The van der Waals surface area contributed by atoms with E-state index in [1.807, 2.05) is 38.1 Å². The molecule has 1 aromatic heterocycles. The second-order valence-electron chi connectivity index (χ2n) is 7.38. The van der Waals surface area contributed by atoms with Gasteiger partial charge in [0, 0.05) is 5.56 Å². The summed E-state index contributed by atoms with van der Waals surface area (Å²) >= 11 is 0. The minimum Gasteiger partial charge on any atom is -0.507 e. The Labute approximate surface area is 180 Å². The van der Waals surface area contributed by atoms with Crippen LogP contribution in [-0.4, -0.2) is 28.3 Å². The number of amides is 1. The van der Waals surface area contributed by atoms with Crippen molar-refractivity contribution in [3.63, 3.8) is 0 Å². The zero-order valence-corrected chi connectivity index (χ0v) is 17.4. The van der Waals surface area contributed by atoms with Crippen molar-refractivity contribution in [3.05, 3.63) is 95.0 Å². The molecule has 31 heavy (non-hydrogen) atoms. The number of ether oxygens (including phenoxy) is 1. The second-order valence-corrected chi connectivity index (χ2v) is 7.38. The number of carbonyl (C=O) groups is 2. The molecule has 2 aromatic carbocycles. The standard InChI is InChI=1S/C25H23NO5/c1-3-30-19-7-4-6-18(14-19)22-21(23(27)17-11-9-16(2)10-12-17)24(28)25(29)26(22)15-20-8-5-13-31-20/h4-14,22,27H,3,15H2,1-2H3. The molecule has 1 atom stereocenters. The van der Waals surface area contributed by atoms with E-state index in [1.165, 1.54) is 11.2 Å². The molecule has 158 valence electrons. The number of rotatable bonds is 6. The molecular weight excluding hydrogens is 394 g/mol. The third-order valence-electron chi connectivity index (χ3n) is 5.26. The highest BCUT2D eigenvalue weighted by Crippen LogP contribution is 2.41. The molecule has 1 aliphatic heterocycles. The number of nitrogens with zero attached hydrogens (tertiary/aromatic N) is 1. The van der Waals surface area contributed by atoms with Gasteiger partial charge >= 0.3 is 0 Å². The number of ketones is 1. The molecule has 4 rings (SSSR count). The van der Waals surface area contributed by atoms with Crippen LogP contribution < -0.4 is 4.74 Å². The summed E-state index contributed by atoms with van der Waals surface area (Å²) in [4.78, 5) is 27.5. The summed E-state index contributed by atoms with van der Waals surface area (Å²) in [6, 6.07) is 17.1. The number of carbonyl (C=O) groups excluding carboxylic acids is 2. The third-order valence-corrected chi connectivity index (χ3v) is 5.26. The summed E-state index contributed by atoms with van der Waals surface area (Å²) < 4.78 is 11.0. The molecule has 0 aliphatic carbocycles. The van der Waals surface area contributed by atoms with E-state index in [4.69, 9.17) is 9.15 Å². The molecule has 6 nitrogen and oxygen atoms in total. The van der Waals surface area contributed by atoms with Gasteiger partial charge in [-0.3, -0.25) is 9.59 Å². The number of hydrogen-bond donors (Lipinski definition) is 1. The molecule has 1 fully saturated rings. The Morgan fingerprint density at radius 2 is 1.87 bits per heavy atom. The van der Waals surface area contributed by atoms with Crippen molar-refractivity contribution in [2.45, 2.75) is 26.4 Å². The summed E-state index contributed by atoms with van der Waals surface area (Å²) in [5.74, 6) is -0.442. The van der Waals surface area contributed by atoms with Crippen LogP contribution >= 0.6 is 0 Å². The van der Waals surface area contributed by atoms with Gasteiger partial charge in [0.05, 0.1) is 31.0 Å². The van der Waals surface area contributed by atoms with Crippen LogP contribution in [0.3, 0.4) is 0 Å². The van der Waals surface area contributed by atoms with Gasteiger partial charge < -0.3 is 19.2 Å². The van der Waals surface area contributed by atoms with Crippen molar-refractivity contribution in [1.29, 1.82) is 0 Å². The maximum atomic E-state index is 13.0. The first-order chi connectivity index (χ1) is 15.0. The maximum Gasteiger partial charge on any atom is 0.296 e. The summed E-state index contributed by atoms with van der Waals surface area (Å²) in [7, 11) is 0. The van der Waals surface area contributed by atoms with Crippen LogP contribution in [0.2, 0.25) is 0 Å². The lowest BCUT2D eigenvalue weighted by Crippen LogP contribution is -2.29. The average Bonchev–Trinajstić information content (AvgIpc) is 3.37. The fraction of sp³-hybridized carbons (Fsp3) is 0.200. The van der Waals surface area contributed by atoms with E-state index in [9.17, 15) is 14.7 Å². The molecule has 0 radical (unpaired) electrons. The first-order valence-electron chi connectivity index (χ1n) is 10.1.